The van der Waals surface area contributed by atoms with Crippen LogP contribution in [0.25, 0.3) is 10.9 Å². The van der Waals surface area contributed by atoms with E-state index in [0.717, 1.165) is 15.2 Å². The van der Waals surface area contributed by atoms with E-state index in [0.29, 0.717) is 0 Å². The minimum Gasteiger partial charge on any atom is -0.493 e. The molecule has 0 atom stereocenters. The fraction of sp³-hybridized carbons (Fsp3) is 0.250. The van der Waals surface area contributed by atoms with Crippen molar-refractivity contribution in [1.29, 1.82) is 0 Å². The van der Waals surface area contributed by atoms with Gasteiger partial charge in [-0.1, -0.05) is 0 Å². The molecule has 0 saturated carbocycles. The number of amides is 1. The number of ether oxygens (including phenoxy) is 3. The number of methoxy groups -OCH3 is 3. The first kappa shape index (κ1) is 20.5. The lowest BCUT2D eigenvalue weighted by molar-refractivity contribution is -0.115. The summed E-state index contributed by atoms with van der Waals surface area (Å²) in [5, 5.41) is 0.816. The zero-order chi connectivity index (χ0) is 21.3. The molecular formula is C20H22N2O6S. The first-order valence-corrected chi connectivity index (χ1v) is 10.1. The van der Waals surface area contributed by atoms with E-state index in [1.54, 1.807) is 18.2 Å². The molecule has 0 unspecified atom stereocenters. The maximum Gasteiger partial charge on any atom is 0.271 e. The molecule has 0 aliphatic carbocycles. The van der Waals surface area contributed by atoms with Crippen LogP contribution in [0.3, 0.4) is 0 Å². The molecule has 0 saturated heterocycles. The second-order valence-electron chi connectivity index (χ2n) is 6.32. The van der Waals surface area contributed by atoms with Gasteiger partial charge in [0, 0.05) is 43.2 Å². The van der Waals surface area contributed by atoms with E-state index in [1.165, 1.54) is 40.4 Å². The van der Waals surface area contributed by atoms with E-state index in [-0.39, 0.29) is 27.8 Å². The summed E-state index contributed by atoms with van der Waals surface area (Å²) in [7, 11) is 1.84. The molecule has 8 nitrogen and oxygen atoms in total. The molecule has 0 fully saturated rings. The summed E-state index contributed by atoms with van der Waals surface area (Å²) in [4.78, 5) is 12.2. The molecule has 0 aliphatic rings. The molecule has 9 heteroatoms. The van der Waals surface area contributed by atoms with Gasteiger partial charge in [0.25, 0.3) is 10.0 Å². The van der Waals surface area contributed by atoms with Gasteiger partial charge in [0.2, 0.25) is 11.7 Å². The fourth-order valence-corrected chi connectivity index (χ4v) is 4.65. The summed E-state index contributed by atoms with van der Waals surface area (Å²) in [6.45, 7) is 1.20. The second-order valence-corrected chi connectivity index (χ2v) is 8.11. The molecule has 3 rings (SSSR count). The van der Waals surface area contributed by atoms with Crippen LogP contribution in [0.15, 0.2) is 47.5 Å². The minimum atomic E-state index is -4.24. The van der Waals surface area contributed by atoms with Crippen LogP contribution in [0.2, 0.25) is 0 Å². The number of anilines is 1. The van der Waals surface area contributed by atoms with Crippen LogP contribution >= 0.6 is 0 Å². The minimum absolute atomic E-state index is 0.157. The lowest BCUT2D eigenvalue weighted by Gasteiger charge is -2.22. The van der Waals surface area contributed by atoms with Crippen molar-refractivity contribution < 1.29 is 27.4 Å². The Hall–Kier alpha value is -3.20. The van der Waals surface area contributed by atoms with Crippen molar-refractivity contribution in [2.24, 2.45) is 7.05 Å². The standard InChI is InChI=1S/C20H22N2O6S/c1-13(23)22(15-6-7-17-14(10-15)8-9-21(17)2)29(24,25)16-11-18(26-3)20(28-5)19(12-16)27-4/h6-12H,1-5H3. The van der Waals surface area contributed by atoms with E-state index >= 15 is 0 Å². The van der Waals surface area contributed by atoms with Crippen molar-refractivity contribution in [3.05, 3.63) is 42.6 Å². The lowest BCUT2D eigenvalue weighted by Crippen LogP contribution is -2.35. The SMILES string of the molecule is COc1cc(S(=O)(=O)N(C(C)=O)c2ccc3c(ccn3C)c2)cc(OC)c1OC. The van der Waals surface area contributed by atoms with Gasteiger partial charge in [-0.2, -0.15) is 0 Å². The molecule has 3 aromatic rings. The predicted molar refractivity (Wildman–Crippen MR) is 109 cm³/mol. The highest BCUT2D eigenvalue weighted by Gasteiger charge is 2.31. The number of rotatable bonds is 6. The van der Waals surface area contributed by atoms with Crippen molar-refractivity contribution in [3.8, 4) is 17.2 Å². The third kappa shape index (κ3) is 3.49. The molecule has 1 aromatic heterocycles. The molecule has 0 spiro atoms. The number of carbonyl (C=O) groups is 1. The molecule has 154 valence electrons. The van der Waals surface area contributed by atoms with Crippen molar-refractivity contribution in [2.45, 2.75) is 11.8 Å². The summed E-state index contributed by atoms with van der Waals surface area (Å²) in [5.74, 6) is -0.0389. The molecule has 1 heterocycles. The van der Waals surface area contributed by atoms with Crippen LogP contribution in [-0.4, -0.2) is 40.2 Å². The third-order valence-corrected chi connectivity index (χ3v) is 6.35. The Bertz CT molecular complexity index is 1160. The highest BCUT2D eigenvalue weighted by Crippen LogP contribution is 2.40. The van der Waals surface area contributed by atoms with Crippen LogP contribution in [-0.2, 0) is 21.9 Å². The average Bonchev–Trinajstić information content (AvgIpc) is 3.06. The van der Waals surface area contributed by atoms with Gasteiger partial charge in [-0.3, -0.25) is 4.79 Å². The molecule has 1 amide bonds. The highest BCUT2D eigenvalue weighted by molar-refractivity contribution is 7.93. The van der Waals surface area contributed by atoms with Crippen LogP contribution in [0, 0.1) is 0 Å². The number of carbonyl (C=O) groups excluding carboxylic acids is 1. The Morgan fingerprint density at radius 2 is 1.59 bits per heavy atom. The average molecular weight is 418 g/mol. The highest BCUT2D eigenvalue weighted by atomic mass is 32.2. The Kier molecular flexibility index (Phi) is 5.43. The van der Waals surface area contributed by atoms with Gasteiger partial charge in [-0.05, 0) is 24.3 Å². The van der Waals surface area contributed by atoms with Crippen LogP contribution in [0.4, 0.5) is 5.69 Å². The van der Waals surface area contributed by atoms with Crippen molar-refractivity contribution in [2.75, 3.05) is 25.6 Å². The summed E-state index contributed by atoms with van der Waals surface area (Å²) < 4.78 is 45.2. The van der Waals surface area contributed by atoms with Gasteiger partial charge in [0.1, 0.15) is 0 Å². The van der Waals surface area contributed by atoms with E-state index in [1.807, 2.05) is 23.9 Å². The molecular weight excluding hydrogens is 396 g/mol. The molecule has 0 aliphatic heterocycles. The van der Waals surface area contributed by atoms with Gasteiger partial charge < -0.3 is 18.8 Å². The van der Waals surface area contributed by atoms with Crippen molar-refractivity contribution >= 4 is 32.5 Å². The van der Waals surface area contributed by atoms with Crippen molar-refractivity contribution in [1.82, 2.24) is 4.57 Å². The Balaban J connectivity index is 2.19. The molecule has 2 aromatic carbocycles. The fourth-order valence-electron chi connectivity index (χ4n) is 3.20. The van der Waals surface area contributed by atoms with Gasteiger partial charge >= 0.3 is 0 Å². The first-order chi connectivity index (χ1) is 13.7. The summed E-state index contributed by atoms with van der Waals surface area (Å²) in [6.07, 6.45) is 1.86. The Labute approximate surface area is 169 Å². The number of nitrogens with zero attached hydrogens (tertiary/aromatic N) is 2. The third-order valence-electron chi connectivity index (χ3n) is 4.57. The Morgan fingerprint density at radius 1 is 0.966 bits per heavy atom. The Morgan fingerprint density at radius 3 is 2.10 bits per heavy atom. The first-order valence-electron chi connectivity index (χ1n) is 8.65. The molecule has 0 radical (unpaired) electrons. The van der Waals surface area contributed by atoms with Gasteiger partial charge in [-0.15, -0.1) is 0 Å². The van der Waals surface area contributed by atoms with Crippen LogP contribution < -0.4 is 18.5 Å². The summed E-state index contributed by atoms with van der Waals surface area (Å²) in [5.41, 5.74) is 1.16. The van der Waals surface area contributed by atoms with E-state index in [9.17, 15) is 13.2 Å². The molecule has 29 heavy (non-hydrogen) atoms. The smallest absolute Gasteiger partial charge is 0.271 e. The molecule has 0 bridgehead atoms. The maximum atomic E-state index is 13.4. The monoisotopic (exact) mass is 418 g/mol. The quantitative estimate of drug-likeness (QED) is 0.612. The number of sulfonamides is 1. The summed E-state index contributed by atoms with van der Waals surface area (Å²) >= 11 is 0. The largest absolute Gasteiger partial charge is 0.493 e. The number of aryl methyl sites for hydroxylation is 1. The van der Waals surface area contributed by atoms with E-state index < -0.39 is 15.9 Å². The zero-order valence-electron chi connectivity index (χ0n) is 16.8. The number of hydrogen-bond donors (Lipinski definition) is 0. The molecule has 0 N–H and O–H groups in total. The summed E-state index contributed by atoms with van der Waals surface area (Å²) in [6, 6.07) is 9.47. The normalized spacial score (nSPS) is 11.3. The van der Waals surface area contributed by atoms with Gasteiger partial charge in [-0.25, -0.2) is 12.7 Å². The number of aromatic nitrogens is 1. The van der Waals surface area contributed by atoms with Gasteiger partial charge in [0.15, 0.2) is 11.5 Å². The van der Waals surface area contributed by atoms with Crippen LogP contribution in [0.5, 0.6) is 17.2 Å². The van der Waals surface area contributed by atoms with Crippen molar-refractivity contribution in [3.63, 3.8) is 0 Å². The van der Waals surface area contributed by atoms with E-state index in [2.05, 4.69) is 0 Å². The predicted octanol–water partition coefficient (Wildman–Crippen LogP) is 2.95. The van der Waals surface area contributed by atoms with Crippen LogP contribution in [0.1, 0.15) is 6.92 Å². The topological polar surface area (TPSA) is 87.1 Å². The second kappa shape index (κ2) is 7.67. The number of benzene rings is 2. The lowest BCUT2D eigenvalue weighted by atomic mass is 10.2. The maximum absolute atomic E-state index is 13.4. The van der Waals surface area contributed by atoms with Gasteiger partial charge in [0.05, 0.1) is 31.9 Å². The zero-order valence-corrected chi connectivity index (χ0v) is 17.6. The number of fused-ring (bicyclic) bond motifs is 1. The number of hydrogen-bond acceptors (Lipinski definition) is 6. The van der Waals surface area contributed by atoms with E-state index in [4.69, 9.17) is 14.2 Å².